The molecule has 0 radical (unpaired) electrons. The number of rotatable bonds is 14. The van der Waals surface area contributed by atoms with E-state index in [9.17, 15) is 19.3 Å². The molecule has 2 N–H and O–H groups in total. The van der Waals surface area contributed by atoms with Gasteiger partial charge in [0.05, 0.1) is 11.8 Å². The van der Waals surface area contributed by atoms with Gasteiger partial charge in [0.25, 0.3) is 0 Å². The van der Waals surface area contributed by atoms with Crippen molar-refractivity contribution in [1.82, 2.24) is 20.5 Å². The number of hydrogen-bond donors (Lipinski definition) is 2. The maximum absolute atomic E-state index is 12.9. The van der Waals surface area contributed by atoms with Crippen LogP contribution >= 0.6 is 0 Å². The third-order valence-corrected chi connectivity index (χ3v) is 5.28. The summed E-state index contributed by atoms with van der Waals surface area (Å²) in [5.41, 5.74) is 1.88. The monoisotopic (exact) mass is 479 g/mol. The van der Waals surface area contributed by atoms with Crippen LogP contribution in [-0.2, 0) is 22.7 Å². The number of benzene rings is 2. The molecule has 2 rings (SSSR count). The SMILES string of the molecule is C=CCN(N=O)C(=O)N(CCCCC(NC(C)=O)C(=O)NCc1ccccc1)Cc1ccccc1. The minimum atomic E-state index is -0.677. The molecular weight excluding hydrogens is 446 g/mol. The topological polar surface area (TPSA) is 111 Å². The molecule has 0 saturated heterocycles. The second kappa shape index (κ2) is 15.0. The summed E-state index contributed by atoms with van der Waals surface area (Å²) < 4.78 is 0. The van der Waals surface area contributed by atoms with E-state index in [0.717, 1.165) is 16.1 Å². The molecule has 0 saturated carbocycles. The Kier molecular flexibility index (Phi) is 11.7. The van der Waals surface area contributed by atoms with Crippen molar-refractivity contribution in [2.45, 2.75) is 45.3 Å². The zero-order valence-electron chi connectivity index (χ0n) is 20.1. The molecule has 0 aliphatic rings. The Morgan fingerprint density at radius 1 is 1.00 bits per heavy atom. The first kappa shape index (κ1) is 27.2. The fourth-order valence-electron chi connectivity index (χ4n) is 3.55. The van der Waals surface area contributed by atoms with Crippen LogP contribution in [0.1, 0.15) is 37.3 Å². The smallest absolute Gasteiger partial charge is 0.343 e. The van der Waals surface area contributed by atoms with E-state index >= 15 is 0 Å². The Hall–Kier alpha value is -4.01. The van der Waals surface area contributed by atoms with Crippen molar-refractivity contribution in [2.75, 3.05) is 13.1 Å². The van der Waals surface area contributed by atoms with Gasteiger partial charge in [-0.05, 0) is 30.4 Å². The van der Waals surface area contributed by atoms with Crippen molar-refractivity contribution in [2.24, 2.45) is 5.29 Å². The van der Waals surface area contributed by atoms with Crippen molar-refractivity contribution >= 4 is 17.8 Å². The van der Waals surface area contributed by atoms with Crippen molar-refractivity contribution in [3.05, 3.63) is 89.4 Å². The van der Waals surface area contributed by atoms with Crippen LogP contribution in [0.5, 0.6) is 0 Å². The predicted molar refractivity (Wildman–Crippen MR) is 135 cm³/mol. The third-order valence-electron chi connectivity index (χ3n) is 5.28. The highest BCUT2D eigenvalue weighted by atomic mass is 16.3. The molecule has 2 aromatic carbocycles. The fraction of sp³-hybridized carbons (Fsp3) is 0.346. The van der Waals surface area contributed by atoms with Crippen LogP contribution in [0.4, 0.5) is 4.79 Å². The number of nitrogens with zero attached hydrogens (tertiary/aromatic N) is 3. The van der Waals surface area contributed by atoms with E-state index in [-0.39, 0.29) is 18.4 Å². The molecule has 9 heteroatoms. The van der Waals surface area contributed by atoms with E-state index in [1.165, 1.54) is 13.0 Å². The average molecular weight is 480 g/mol. The average Bonchev–Trinajstić information content (AvgIpc) is 2.87. The van der Waals surface area contributed by atoms with Crippen LogP contribution in [0.15, 0.2) is 78.6 Å². The van der Waals surface area contributed by atoms with E-state index < -0.39 is 12.1 Å². The highest BCUT2D eigenvalue weighted by Crippen LogP contribution is 2.12. The molecule has 2 aromatic rings. The molecule has 35 heavy (non-hydrogen) atoms. The molecule has 1 atom stereocenters. The van der Waals surface area contributed by atoms with E-state index in [2.05, 4.69) is 22.5 Å². The van der Waals surface area contributed by atoms with Crippen molar-refractivity contribution < 1.29 is 14.4 Å². The largest absolute Gasteiger partial charge is 0.350 e. The number of nitrogens with one attached hydrogen (secondary N) is 2. The van der Waals surface area contributed by atoms with Crippen LogP contribution in [0, 0.1) is 4.91 Å². The zero-order chi connectivity index (χ0) is 25.5. The lowest BCUT2D eigenvalue weighted by molar-refractivity contribution is -0.128. The second-order valence-electron chi connectivity index (χ2n) is 8.09. The molecule has 0 bridgehead atoms. The van der Waals surface area contributed by atoms with Crippen LogP contribution < -0.4 is 10.6 Å². The fourth-order valence-corrected chi connectivity index (χ4v) is 3.55. The van der Waals surface area contributed by atoms with Gasteiger partial charge in [-0.15, -0.1) is 11.5 Å². The molecular formula is C26H33N5O4. The highest BCUT2D eigenvalue weighted by molar-refractivity contribution is 5.86. The lowest BCUT2D eigenvalue weighted by atomic mass is 10.1. The number of urea groups is 1. The Bertz CT molecular complexity index is 968. The number of carbonyl (C=O) groups is 3. The predicted octanol–water partition coefficient (Wildman–Crippen LogP) is 3.77. The summed E-state index contributed by atoms with van der Waals surface area (Å²) >= 11 is 0. The second-order valence-corrected chi connectivity index (χ2v) is 8.09. The summed E-state index contributed by atoms with van der Waals surface area (Å²) in [4.78, 5) is 49.9. The summed E-state index contributed by atoms with van der Waals surface area (Å²) in [5.74, 6) is -0.550. The molecule has 9 nitrogen and oxygen atoms in total. The summed E-state index contributed by atoms with van der Waals surface area (Å²) in [6, 6.07) is 17.8. The molecule has 0 fully saturated rings. The molecule has 0 aliphatic heterocycles. The molecule has 186 valence electrons. The van der Waals surface area contributed by atoms with Crippen LogP contribution in [-0.4, -0.2) is 46.9 Å². The molecule has 1 unspecified atom stereocenters. The molecule has 0 aliphatic carbocycles. The number of unbranched alkanes of at least 4 members (excludes halogenated alkanes) is 1. The van der Waals surface area contributed by atoms with E-state index in [0.29, 0.717) is 38.9 Å². The van der Waals surface area contributed by atoms with E-state index in [4.69, 9.17) is 0 Å². The normalized spacial score (nSPS) is 11.1. The van der Waals surface area contributed by atoms with Crippen LogP contribution in [0.3, 0.4) is 0 Å². The Balaban J connectivity index is 1.95. The molecule has 0 aromatic heterocycles. The minimum Gasteiger partial charge on any atom is -0.350 e. The van der Waals surface area contributed by atoms with Gasteiger partial charge in [0.2, 0.25) is 11.8 Å². The van der Waals surface area contributed by atoms with Crippen molar-refractivity contribution in [1.29, 1.82) is 0 Å². The quantitative estimate of drug-likeness (QED) is 0.186. The first-order valence-corrected chi connectivity index (χ1v) is 11.6. The van der Waals surface area contributed by atoms with Gasteiger partial charge in [0.1, 0.15) is 6.04 Å². The van der Waals surface area contributed by atoms with Gasteiger partial charge >= 0.3 is 6.03 Å². The van der Waals surface area contributed by atoms with Gasteiger partial charge in [-0.1, -0.05) is 66.7 Å². The zero-order valence-corrected chi connectivity index (χ0v) is 20.1. The molecule has 4 amide bonds. The van der Waals surface area contributed by atoms with Crippen molar-refractivity contribution in [3.8, 4) is 0 Å². The number of amides is 4. The number of hydrogen-bond acceptors (Lipinski definition) is 5. The van der Waals surface area contributed by atoms with Crippen LogP contribution in [0.2, 0.25) is 0 Å². The summed E-state index contributed by atoms with van der Waals surface area (Å²) in [5, 5.41) is 9.21. The first-order chi connectivity index (χ1) is 16.9. The van der Waals surface area contributed by atoms with Gasteiger partial charge in [-0.25, -0.2) is 4.79 Å². The Morgan fingerprint density at radius 2 is 1.63 bits per heavy atom. The minimum absolute atomic E-state index is 0.0137. The summed E-state index contributed by atoms with van der Waals surface area (Å²) in [7, 11) is 0. The first-order valence-electron chi connectivity index (χ1n) is 11.6. The van der Waals surface area contributed by atoms with E-state index in [1.807, 2.05) is 60.7 Å². The Morgan fingerprint density at radius 3 is 2.20 bits per heavy atom. The number of nitroso groups, excluding NO2 is 1. The lowest BCUT2D eigenvalue weighted by Crippen LogP contribution is -2.46. The van der Waals surface area contributed by atoms with Gasteiger partial charge in [0.15, 0.2) is 0 Å². The third kappa shape index (κ3) is 9.79. The number of carbonyl (C=O) groups excluding carboxylic acids is 3. The van der Waals surface area contributed by atoms with Gasteiger partial charge < -0.3 is 15.5 Å². The highest BCUT2D eigenvalue weighted by Gasteiger charge is 2.22. The molecule has 0 spiro atoms. The maximum Gasteiger partial charge on any atom is 0.343 e. The van der Waals surface area contributed by atoms with Gasteiger partial charge in [0, 0.05) is 26.6 Å². The standard InChI is InChI=1S/C26H33N5O4/c1-3-17-31(29-35)26(34)30(20-23-14-8-5-9-15-23)18-11-10-16-24(28-21(2)32)25(33)27-19-22-12-6-4-7-13-22/h3-9,12-15,24H,1,10-11,16-20H2,2H3,(H,27,33)(H,28,32). The van der Waals surface area contributed by atoms with Crippen molar-refractivity contribution in [3.63, 3.8) is 0 Å². The maximum atomic E-state index is 12.9. The van der Waals surface area contributed by atoms with Gasteiger partial charge in [-0.2, -0.15) is 5.01 Å². The molecule has 0 heterocycles. The van der Waals surface area contributed by atoms with E-state index in [1.54, 1.807) is 4.90 Å². The Labute approximate surface area is 206 Å². The van der Waals surface area contributed by atoms with Crippen LogP contribution in [0.25, 0.3) is 0 Å². The summed E-state index contributed by atoms with van der Waals surface area (Å²) in [6.45, 7) is 5.99. The lowest BCUT2D eigenvalue weighted by Gasteiger charge is -2.26. The van der Waals surface area contributed by atoms with Gasteiger partial charge in [-0.3, -0.25) is 9.59 Å². The summed E-state index contributed by atoms with van der Waals surface area (Å²) in [6.07, 6.45) is 3.00.